The lowest BCUT2D eigenvalue weighted by atomic mass is 10.2. The second-order valence-corrected chi connectivity index (χ2v) is 7.28. The van der Waals surface area contributed by atoms with Gasteiger partial charge in [0.2, 0.25) is 0 Å². The molecule has 0 atom stereocenters. The van der Waals surface area contributed by atoms with Crippen LogP contribution in [0.4, 0.5) is 10.2 Å². The first-order chi connectivity index (χ1) is 14.0. The van der Waals surface area contributed by atoms with Crippen LogP contribution in [0, 0.1) is 5.82 Å². The van der Waals surface area contributed by atoms with Gasteiger partial charge in [-0.25, -0.2) is 14.4 Å². The summed E-state index contributed by atoms with van der Waals surface area (Å²) < 4.78 is 14.4. The average molecular weight is 409 g/mol. The predicted molar refractivity (Wildman–Crippen MR) is 110 cm³/mol. The minimum atomic E-state index is -0.820. The highest BCUT2D eigenvalue weighted by Gasteiger charge is 2.15. The molecule has 0 unspecified atom stereocenters. The number of anilines is 1. The standard InChI is InChI=1S/C20H16FN5O2S/c21-14-8-6-12(7-9-14)10-26-17-15(23-18(27)19(26)28)16(22)24-20(25-17)29-11-13-4-2-1-3-5-13/h1-9H,10-11H2,(H,23,27)(H2,22,24,25). The number of fused-ring (bicyclic) bond motifs is 1. The maximum Gasteiger partial charge on any atom is 0.318 e. The van der Waals surface area contributed by atoms with Gasteiger partial charge in [0.25, 0.3) is 0 Å². The van der Waals surface area contributed by atoms with Gasteiger partial charge in [0.1, 0.15) is 11.3 Å². The van der Waals surface area contributed by atoms with Crippen LogP contribution in [0.25, 0.3) is 11.2 Å². The van der Waals surface area contributed by atoms with Crippen molar-refractivity contribution >= 4 is 28.7 Å². The minimum absolute atomic E-state index is 0.0543. The topological polar surface area (TPSA) is 107 Å². The van der Waals surface area contributed by atoms with Crippen molar-refractivity contribution in [2.24, 2.45) is 0 Å². The third-order valence-electron chi connectivity index (χ3n) is 4.30. The zero-order valence-corrected chi connectivity index (χ0v) is 15.9. The number of H-pyrrole nitrogens is 1. The summed E-state index contributed by atoms with van der Waals surface area (Å²) >= 11 is 1.37. The molecule has 146 valence electrons. The Balaban J connectivity index is 1.77. The van der Waals surface area contributed by atoms with Crippen LogP contribution in [0.5, 0.6) is 0 Å². The summed E-state index contributed by atoms with van der Waals surface area (Å²) in [6.07, 6.45) is 0. The van der Waals surface area contributed by atoms with E-state index in [4.69, 9.17) is 5.73 Å². The van der Waals surface area contributed by atoms with Crippen LogP contribution in [0.1, 0.15) is 11.1 Å². The summed E-state index contributed by atoms with van der Waals surface area (Å²) in [5, 5.41) is 0.387. The normalized spacial score (nSPS) is 11.1. The number of benzene rings is 2. The average Bonchev–Trinajstić information content (AvgIpc) is 2.73. The van der Waals surface area contributed by atoms with Gasteiger partial charge >= 0.3 is 11.1 Å². The number of nitrogens with one attached hydrogen (secondary N) is 1. The molecule has 2 aromatic carbocycles. The van der Waals surface area contributed by atoms with E-state index >= 15 is 0 Å². The van der Waals surface area contributed by atoms with Gasteiger partial charge in [-0.1, -0.05) is 54.2 Å². The van der Waals surface area contributed by atoms with E-state index in [1.165, 1.54) is 28.5 Å². The number of nitrogen functional groups attached to an aromatic ring is 1. The second kappa shape index (κ2) is 7.88. The summed E-state index contributed by atoms with van der Waals surface area (Å²) in [6.45, 7) is 0.0543. The van der Waals surface area contributed by atoms with E-state index in [9.17, 15) is 14.0 Å². The van der Waals surface area contributed by atoms with E-state index in [2.05, 4.69) is 15.0 Å². The number of halogens is 1. The van der Waals surface area contributed by atoms with Gasteiger partial charge in [0.15, 0.2) is 16.6 Å². The van der Waals surface area contributed by atoms with Crippen LogP contribution in [-0.2, 0) is 12.3 Å². The molecule has 0 saturated carbocycles. The number of aromatic amines is 1. The lowest BCUT2D eigenvalue weighted by Crippen LogP contribution is -2.37. The monoisotopic (exact) mass is 409 g/mol. The van der Waals surface area contributed by atoms with Crippen molar-refractivity contribution in [2.75, 3.05) is 5.73 Å². The molecule has 0 radical (unpaired) electrons. The van der Waals surface area contributed by atoms with Crippen molar-refractivity contribution in [1.29, 1.82) is 0 Å². The van der Waals surface area contributed by atoms with Crippen LogP contribution >= 0.6 is 11.8 Å². The zero-order valence-electron chi connectivity index (χ0n) is 15.1. The first-order valence-corrected chi connectivity index (χ1v) is 9.71. The summed E-state index contributed by atoms with van der Waals surface area (Å²) in [4.78, 5) is 35.7. The third-order valence-corrected chi connectivity index (χ3v) is 5.21. The highest BCUT2D eigenvalue weighted by atomic mass is 32.2. The Morgan fingerprint density at radius 1 is 1.00 bits per heavy atom. The van der Waals surface area contributed by atoms with Crippen molar-refractivity contribution in [3.05, 3.63) is 92.2 Å². The molecule has 0 spiro atoms. The largest absolute Gasteiger partial charge is 0.382 e. The number of aromatic nitrogens is 4. The minimum Gasteiger partial charge on any atom is -0.382 e. The number of hydrogen-bond acceptors (Lipinski definition) is 6. The molecular weight excluding hydrogens is 393 g/mol. The molecule has 4 rings (SSSR count). The van der Waals surface area contributed by atoms with Gasteiger partial charge in [0, 0.05) is 5.75 Å². The lowest BCUT2D eigenvalue weighted by Gasteiger charge is -2.11. The Labute approximate surface area is 168 Å². The van der Waals surface area contributed by atoms with Crippen molar-refractivity contribution < 1.29 is 4.39 Å². The van der Waals surface area contributed by atoms with E-state index in [-0.39, 0.29) is 29.3 Å². The Morgan fingerprint density at radius 2 is 1.72 bits per heavy atom. The van der Waals surface area contributed by atoms with Gasteiger partial charge < -0.3 is 10.7 Å². The predicted octanol–water partition coefficient (Wildman–Crippen LogP) is 2.54. The molecule has 4 aromatic rings. The molecule has 2 heterocycles. The Hall–Kier alpha value is -3.46. The first-order valence-electron chi connectivity index (χ1n) is 8.73. The Morgan fingerprint density at radius 3 is 2.45 bits per heavy atom. The molecule has 3 N–H and O–H groups in total. The zero-order chi connectivity index (χ0) is 20.4. The van der Waals surface area contributed by atoms with E-state index in [0.717, 1.165) is 5.56 Å². The Bertz CT molecular complexity index is 1290. The summed E-state index contributed by atoms with van der Waals surface area (Å²) in [7, 11) is 0. The molecule has 2 aromatic heterocycles. The summed E-state index contributed by atoms with van der Waals surface area (Å²) in [5.74, 6) is 0.315. The van der Waals surface area contributed by atoms with E-state index in [1.54, 1.807) is 12.1 Å². The van der Waals surface area contributed by atoms with Gasteiger partial charge in [-0.15, -0.1) is 0 Å². The number of nitrogens with two attached hydrogens (primary N) is 1. The molecule has 0 fully saturated rings. The number of thioether (sulfide) groups is 1. The van der Waals surface area contributed by atoms with Crippen molar-refractivity contribution in [3.8, 4) is 0 Å². The highest BCUT2D eigenvalue weighted by Crippen LogP contribution is 2.23. The number of nitrogens with zero attached hydrogens (tertiary/aromatic N) is 3. The van der Waals surface area contributed by atoms with E-state index in [0.29, 0.717) is 16.5 Å². The molecule has 0 aliphatic heterocycles. The molecule has 9 heteroatoms. The molecule has 7 nitrogen and oxygen atoms in total. The molecule has 0 aliphatic carbocycles. The van der Waals surface area contributed by atoms with Crippen LogP contribution in [0.15, 0.2) is 69.3 Å². The van der Waals surface area contributed by atoms with Gasteiger partial charge in [-0.2, -0.15) is 0 Å². The summed E-state index contributed by atoms with van der Waals surface area (Å²) in [5.41, 5.74) is 6.60. The highest BCUT2D eigenvalue weighted by molar-refractivity contribution is 7.98. The Kier molecular flexibility index (Phi) is 5.13. The van der Waals surface area contributed by atoms with Crippen LogP contribution in [0.3, 0.4) is 0 Å². The maximum absolute atomic E-state index is 13.2. The second-order valence-electron chi connectivity index (χ2n) is 6.34. The fraction of sp³-hybridized carbons (Fsp3) is 0.100. The van der Waals surface area contributed by atoms with Crippen LogP contribution in [-0.4, -0.2) is 19.5 Å². The van der Waals surface area contributed by atoms with Crippen molar-refractivity contribution in [1.82, 2.24) is 19.5 Å². The molecule has 0 amide bonds. The molecule has 29 heavy (non-hydrogen) atoms. The van der Waals surface area contributed by atoms with E-state index in [1.807, 2.05) is 30.3 Å². The molecule has 0 saturated heterocycles. The third kappa shape index (κ3) is 4.04. The molecular formula is C20H16FN5O2S. The summed E-state index contributed by atoms with van der Waals surface area (Å²) in [6, 6.07) is 15.5. The fourth-order valence-corrected chi connectivity index (χ4v) is 3.65. The maximum atomic E-state index is 13.2. The van der Waals surface area contributed by atoms with Crippen LogP contribution < -0.4 is 16.9 Å². The fourth-order valence-electron chi connectivity index (χ4n) is 2.85. The van der Waals surface area contributed by atoms with Crippen LogP contribution in [0.2, 0.25) is 0 Å². The smallest absolute Gasteiger partial charge is 0.318 e. The van der Waals surface area contributed by atoms with Crippen molar-refractivity contribution in [2.45, 2.75) is 17.5 Å². The SMILES string of the molecule is Nc1nc(SCc2ccccc2)nc2c1[nH]c(=O)c(=O)n2Cc1ccc(F)cc1. The number of rotatable bonds is 5. The van der Waals surface area contributed by atoms with Crippen molar-refractivity contribution in [3.63, 3.8) is 0 Å². The molecule has 0 bridgehead atoms. The first kappa shape index (κ1) is 18.9. The lowest BCUT2D eigenvalue weighted by molar-refractivity contribution is 0.626. The number of hydrogen-bond donors (Lipinski definition) is 2. The van der Waals surface area contributed by atoms with Gasteiger partial charge in [-0.3, -0.25) is 14.2 Å². The van der Waals surface area contributed by atoms with E-state index < -0.39 is 11.1 Å². The van der Waals surface area contributed by atoms with Gasteiger partial charge in [0.05, 0.1) is 6.54 Å². The quantitative estimate of drug-likeness (QED) is 0.298. The molecule has 0 aliphatic rings. The van der Waals surface area contributed by atoms with Gasteiger partial charge in [-0.05, 0) is 23.3 Å².